The van der Waals surface area contributed by atoms with E-state index in [2.05, 4.69) is 5.32 Å². The van der Waals surface area contributed by atoms with Crippen LogP contribution in [0, 0.1) is 6.92 Å². The Bertz CT molecular complexity index is 893. The minimum atomic E-state index is -3.41. The molecule has 0 unspecified atom stereocenters. The number of rotatable bonds is 6. The lowest BCUT2D eigenvalue weighted by molar-refractivity contribution is 0.0665. The number of benzene rings is 1. The average Bonchev–Trinajstić information content (AvgIpc) is 2.79. The van der Waals surface area contributed by atoms with Crippen molar-refractivity contribution in [1.82, 2.24) is 19.4 Å². The van der Waals surface area contributed by atoms with Gasteiger partial charge in [0.1, 0.15) is 5.75 Å². The molecule has 2 aliphatic rings. The van der Waals surface area contributed by atoms with Crippen molar-refractivity contribution in [3.63, 3.8) is 0 Å². The predicted octanol–water partition coefficient (Wildman–Crippen LogP) is 0.133. The van der Waals surface area contributed by atoms with E-state index in [4.69, 9.17) is 9.47 Å². The molecule has 1 aromatic rings. The Hall–Kier alpha value is -2.37. The number of amides is 3. The molecule has 10 nitrogen and oxygen atoms in total. The number of piperazine rings is 1. The number of nitrogens with one attached hydrogen (secondary N) is 1. The lowest BCUT2D eigenvalue weighted by Gasteiger charge is -2.35. The van der Waals surface area contributed by atoms with Gasteiger partial charge in [0.25, 0.3) is 5.91 Å². The van der Waals surface area contributed by atoms with Crippen LogP contribution in [0.25, 0.3) is 0 Å². The number of morpholine rings is 1. The van der Waals surface area contributed by atoms with E-state index < -0.39 is 10.0 Å². The lowest BCUT2D eigenvalue weighted by atomic mass is 10.1. The number of aryl methyl sites for hydroxylation is 1. The van der Waals surface area contributed by atoms with Crippen LogP contribution in [0.3, 0.4) is 0 Å². The van der Waals surface area contributed by atoms with Gasteiger partial charge in [0.05, 0.1) is 26.1 Å². The van der Waals surface area contributed by atoms with Crippen LogP contribution in [0.15, 0.2) is 18.2 Å². The van der Waals surface area contributed by atoms with E-state index in [9.17, 15) is 18.0 Å². The Morgan fingerprint density at radius 1 is 1.06 bits per heavy atom. The molecule has 2 fully saturated rings. The van der Waals surface area contributed by atoms with E-state index in [1.165, 1.54) is 4.31 Å². The summed E-state index contributed by atoms with van der Waals surface area (Å²) < 4.78 is 36.5. The van der Waals surface area contributed by atoms with Gasteiger partial charge in [-0.3, -0.25) is 4.79 Å². The standard InChI is InChI=1S/C20H30N4O6S/c1-16-3-4-17(15-18(16)29-2)19(25)22-6-8-23(9-7-22)20(26)21-5-14-31(27,28)24-10-12-30-13-11-24/h3-4,15H,5-14H2,1-2H3,(H,21,26). The summed E-state index contributed by atoms with van der Waals surface area (Å²) in [7, 11) is -1.84. The number of hydrogen-bond donors (Lipinski definition) is 1. The number of ether oxygens (including phenoxy) is 2. The average molecular weight is 455 g/mol. The first-order chi connectivity index (χ1) is 14.8. The van der Waals surface area contributed by atoms with Crippen LogP contribution in [0.5, 0.6) is 5.75 Å². The van der Waals surface area contributed by atoms with Gasteiger partial charge in [-0.05, 0) is 24.6 Å². The zero-order valence-electron chi connectivity index (χ0n) is 18.0. The SMILES string of the molecule is COc1cc(C(=O)N2CCN(C(=O)NCCS(=O)(=O)N3CCOCC3)CC2)ccc1C. The summed E-state index contributed by atoms with van der Waals surface area (Å²) >= 11 is 0. The van der Waals surface area contributed by atoms with Gasteiger partial charge < -0.3 is 24.6 Å². The number of carbonyl (C=O) groups excluding carboxylic acids is 2. The molecule has 2 heterocycles. The van der Waals surface area contributed by atoms with Crippen LogP contribution in [0.2, 0.25) is 0 Å². The fourth-order valence-corrected chi connectivity index (χ4v) is 4.92. The molecule has 172 valence electrons. The maximum absolute atomic E-state index is 12.8. The largest absolute Gasteiger partial charge is 0.496 e. The van der Waals surface area contributed by atoms with Crippen molar-refractivity contribution >= 4 is 22.0 Å². The maximum atomic E-state index is 12.8. The van der Waals surface area contributed by atoms with Gasteiger partial charge in [-0.25, -0.2) is 13.2 Å². The second kappa shape index (κ2) is 10.3. The number of urea groups is 1. The first-order valence-corrected chi connectivity index (χ1v) is 11.9. The van der Waals surface area contributed by atoms with Crippen molar-refractivity contribution in [2.24, 2.45) is 0 Å². The summed E-state index contributed by atoms with van der Waals surface area (Å²) in [5.74, 6) is 0.415. The third kappa shape index (κ3) is 5.86. The monoisotopic (exact) mass is 454 g/mol. The van der Waals surface area contributed by atoms with Gasteiger partial charge in [-0.1, -0.05) is 6.07 Å². The highest BCUT2D eigenvalue weighted by Crippen LogP contribution is 2.20. The fraction of sp³-hybridized carbons (Fsp3) is 0.600. The molecule has 3 rings (SSSR count). The quantitative estimate of drug-likeness (QED) is 0.655. The zero-order chi connectivity index (χ0) is 22.4. The van der Waals surface area contributed by atoms with Gasteiger partial charge in [-0.15, -0.1) is 0 Å². The van der Waals surface area contributed by atoms with E-state index in [0.717, 1.165) is 5.56 Å². The zero-order valence-corrected chi connectivity index (χ0v) is 18.8. The van der Waals surface area contributed by atoms with E-state index in [1.807, 2.05) is 13.0 Å². The second-order valence-electron chi connectivity index (χ2n) is 7.52. The fourth-order valence-electron chi connectivity index (χ4n) is 3.60. The van der Waals surface area contributed by atoms with E-state index in [1.54, 1.807) is 29.0 Å². The highest BCUT2D eigenvalue weighted by Gasteiger charge is 2.27. The molecule has 1 N–H and O–H groups in total. The molecule has 0 radical (unpaired) electrons. The van der Waals surface area contributed by atoms with Gasteiger partial charge in [0.2, 0.25) is 10.0 Å². The Kier molecular flexibility index (Phi) is 7.74. The minimum absolute atomic E-state index is 0.0425. The summed E-state index contributed by atoms with van der Waals surface area (Å²) in [6.45, 7) is 5.03. The van der Waals surface area contributed by atoms with Crippen molar-refractivity contribution in [1.29, 1.82) is 0 Å². The third-order valence-electron chi connectivity index (χ3n) is 5.51. The molecule has 3 amide bonds. The molecular formula is C20H30N4O6S. The van der Waals surface area contributed by atoms with E-state index in [-0.39, 0.29) is 24.2 Å². The minimum Gasteiger partial charge on any atom is -0.496 e. The van der Waals surface area contributed by atoms with E-state index in [0.29, 0.717) is 63.8 Å². The molecule has 2 saturated heterocycles. The molecule has 31 heavy (non-hydrogen) atoms. The molecule has 11 heteroatoms. The van der Waals surface area contributed by atoms with Crippen LogP contribution in [-0.4, -0.2) is 106 Å². The highest BCUT2D eigenvalue weighted by atomic mass is 32.2. The first kappa shape index (κ1) is 23.3. The Balaban J connectivity index is 1.44. The van der Waals surface area contributed by atoms with Crippen molar-refractivity contribution in [2.75, 3.05) is 71.9 Å². The van der Waals surface area contributed by atoms with E-state index >= 15 is 0 Å². The molecule has 1 aromatic carbocycles. The molecule has 0 atom stereocenters. The van der Waals surface area contributed by atoms with Crippen molar-refractivity contribution in [3.05, 3.63) is 29.3 Å². The summed E-state index contributed by atoms with van der Waals surface area (Å²) in [5, 5.41) is 2.67. The summed E-state index contributed by atoms with van der Waals surface area (Å²) in [4.78, 5) is 28.5. The van der Waals surface area contributed by atoms with Crippen LogP contribution < -0.4 is 10.1 Å². The van der Waals surface area contributed by atoms with Gasteiger partial charge in [-0.2, -0.15) is 4.31 Å². The molecule has 0 bridgehead atoms. The third-order valence-corrected chi connectivity index (χ3v) is 7.38. The number of sulfonamides is 1. The molecule has 0 aromatic heterocycles. The van der Waals surface area contributed by atoms with Crippen LogP contribution in [0.4, 0.5) is 4.79 Å². The normalized spacial score (nSPS) is 18.0. The summed E-state index contributed by atoms with van der Waals surface area (Å²) in [5.41, 5.74) is 1.50. The Morgan fingerprint density at radius 3 is 2.35 bits per heavy atom. The van der Waals surface area contributed by atoms with Crippen molar-refractivity contribution in [3.8, 4) is 5.75 Å². The Morgan fingerprint density at radius 2 is 1.71 bits per heavy atom. The Labute approximate surface area is 183 Å². The number of methoxy groups -OCH3 is 1. The van der Waals surface area contributed by atoms with Gasteiger partial charge in [0.15, 0.2) is 0 Å². The van der Waals surface area contributed by atoms with Crippen LogP contribution in [-0.2, 0) is 14.8 Å². The predicted molar refractivity (Wildman–Crippen MR) is 115 cm³/mol. The second-order valence-corrected chi connectivity index (χ2v) is 9.61. The summed E-state index contributed by atoms with van der Waals surface area (Å²) in [6.07, 6.45) is 0. The number of hydrogen-bond acceptors (Lipinski definition) is 6. The van der Waals surface area contributed by atoms with Crippen molar-refractivity contribution in [2.45, 2.75) is 6.92 Å². The summed E-state index contributed by atoms with van der Waals surface area (Å²) in [6, 6.07) is 5.03. The molecule has 0 saturated carbocycles. The molecule has 2 aliphatic heterocycles. The van der Waals surface area contributed by atoms with Gasteiger partial charge in [0, 0.05) is 51.4 Å². The molecular weight excluding hydrogens is 424 g/mol. The lowest BCUT2D eigenvalue weighted by Crippen LogP contribution is -2.53. The van der Waals surface area contributed by atoms with Crippen LogP contribution >= 0.6 is 0 Å². The molecule has 0 spiro atoms. The highest BCUT2D eigenvalue weighted by molar-refractivity contribution is 7.89. The number of nitrogens with zero attached hydrogens (tertiary/aromatic N) is 3. The first-order valence-electron chi connectivity index (χ1n) is 10.3. The molecule has 0 aliphatic carbocycles. The number of carbonyl (C=O) groups is 2. The van der Waals surface area contributed by atoms with Gasteiger partial charge >= 0.3 is 6.03 Å². The maximum Gasteiger partial charge on any atom is 0.317 e. The smallest absolute Gasteiger partial charge is 0.317 e. The van der Waals surface area contributed by atoms with Crippen molar-refractivity contribution < 1.29 is 27.5 Å². The topological polar surface area (TPSA) is 108 Å². The van der Waals surface area contributed by atoms with Crippen LogP contribution in [0.1, 0.15) is 15.9 Å².